The van der Waals surface area contributed by atoms with Crippen LogP contribution in [0.1, 0.15) is 31.4 Å². The molecule has 0 atom stereocenters. The molecule has 1 fully saturated rings. The number of aliphatic hydroxyl groups is 1. The fraction of sp³-hybridized carbons (Fsp3) is 0.375. The van der Waals surface area contributed by atoms with Gasteiger partial charge in [-0.3, -0.25) is 9.20 Å². The first-order valence-corrected chi connectivity index (χ1v) is 7.76. The van der Waals surface area contributed by atoms with Crippen LogP contribution in [-0.2, 0) is 4.79 Å². The van der Waals surface area contributed by atoms with E-state index in [0.717, 1.165) is 31.3 Å². The second-order valence-electron chi connectivity index (χ2n) is 5.70. The highest BCUT2D eigenvalue weighted by atomic mass is 35.5. The van der Waals surface area contributed by atoms with Crippen molar-refractivity contribution in [3.05, 3.63) is 41.3 Å². The molecule has 0 spiro atoms. The molecule has 1 aliphatic carbocycles. The Hall–Kier alpha value is -1.85. The highest BCUT2D eigenvalue weighted by Crippen LogP contribution is 2.28. The van der Waals surface area contributed by atoms with E-state index >= 15 is 0 Å². The monoisotopic (exact) mass is 319 g/mol. The Morgan fingerprint density at radius 2 is 2.23 bits per heavy atom. The van der Waals surface area contributed by atoms with E-state index in [1.807, 2.05) is 28.8 Å². The van der Waals surface area contributed by atoms with Crippen molar-refractivity contribution in [3.63, 3.8) is 0 Å². The van der Waals surface area contributed by atoms with E-state index < -0.39 is 5.60 Å². The van der Waals surface area contributed by atoms with Crippen LogP contribution in [0.3, 0.4) is 0 Å². The van der Waals surface area contributed by atoms with Crippen LogP contribution in [0.15, 0.2) is 30.5 Å². The van der Waals surface area contributed by atoms with Crippen molar-refractivity contribution in [1.82, 2.24) is 14.7 Å². The van der Waals surface area contributed by atoms with Crippen molar-refractivity contribution in [2.75, 3.05) is 6.54 Å². The summed E-state index contributed by atoms with van der Waals surface area (Å²) >= 11 is 6.10. The van der Waals surface area contributed by atoms with E-state index in [4.69, 9.17) is 11.6 Å². The second kappa shape index (κ2) is 6.10. The molecule has 3 rings (SSSR count). The predicted octanol–water partition coefficient (Wildman–Crippen LogP) is 2.42. The number of rotatable bonds is 4. The molecule has 6 heteroatoms. The molecule has 5 nitrogen and oxygen atoms in total. The molecule has 0 aliphatic heterocycles. The van der Waals surface area contributed by atoms with Crippen LogP contribution >= 0.6 is 11.6 Å². The van der Waals surface area contributed by atoms with E-state index in [-0.39, 0.29) is 12.5 Å². The number of amides is 1. The minimum atomic E-state index is -0.746. The van der Waals surface area contributed by atoms with Gasteiger partial charge in [0.2, 0.25) is 5.91 Å². The molecule has 0 saturated heterocycles. The van der Waals surface area contributed by atoms with Gasteiger partial charge in [0, 0.05) is 18.8 Å². The smallest absolute Gasteiger partial charge is 0.244 e. The molecule has 2 aromatic heterocycles. The number of hydrogen-bond donors (Lipinski definition) is 2. The van der Waals surface area contributed by atoms with Crippen LogP contribution in [0, 0.1) is 0 Å². The highest BCUT2D eigenvalue weighted by molar-refractivity contribution is 6.31. The van der Waals surface area contributed by atoms with Gasteiger partial charge in [-0.1, -0.05) is 30.5 Å². The van der Waals surface area contributed by atoms with Crippen molar-refractivity contribution in [1.29, 1.82) is 0 Å². The number of fused-ring (bicyclic) bond motifs is 1. The van der Waals surface area contributed by atoms with Gasteiger partial charge in [0.1, 0.15) is 5.65 Å². The summed E-state index contributed by atoms with van der Waals surface area (Å²) in [6, 6.07) is 5.60. The summed E-state index contributed by atoms with van der Waals surface area (Å²) in [5, 5.41) is 13.3. The summed E-state index contributed by atoms with van der Waals surface area (Å²) in [4.78, 5) is 16.1. The first-order chi connectivity index (χ1) is 10.6. The molecule has 2 N–H and O–H groups in total. The lowest BCUT2D eigenvalue weighted by molar-refractivity contribution is -0.117. The lowest BCUT2D eigenvalue weighted by Crippen LogP contribution is -2.40. The van der Waals surface area contributed by atoms with E-state index in [2.05, 4.69) is 10.3 Å². The molecule has 0 unspecified atom stereocenters. The van der Waals surface area contributed by atoms with E-state index in [0.29, 0.717) is 10.8 Å². The number of carbonyl (C=O) groups excluding carboxylic acids is 1. The van der Waals surface area contributed by atoms with Crippen LogP contribution in [0.25, 0.3) is 11.7 Å². The van der Waals surface area contributed by atoms with Gasteiger partial charge in [0.05, 0.1) is 11.3 Å². The predicted molar refractivity (Wildman–Crippen MR) is 85.7 cm³/mol. The van der Waals surface area contributed by atoms with E-state index in [1.54, 1.807) is 6.08 Å². The average Bonchev–Trinajstić information content (AvgIpc) is 3.07. The van der Waals surface area contributed by atoms with Crippen LogP contribution in [0.5, 0.6) is 0 Å². The maximum atomic E-state index is 11.9. The number of halogens is 1. The van der Waals surface area contributed by atoms with Crippen LogP contribution in [0.4, 0.5) is 0 Å². The van der Waals surface area contributed by atoms with Gasteiger partial charge in [-0.15, -0.1) is 0 Å². The first-order valence-electron chi connectivity index (χ1n) is 7.38. The Balaban J connectivity index is 1.67. The molecule has 1 saturated carbocycles. The zero-order valence-electron chi connectivity index (χ0n) is 12.1. The number of hydrogen-bond acceptors (Lipinski definition) is 3. The summed E-state index contributed by atoms with van der Waals surface area (Å²) in [5.41, 5.74) is 0.643. The molecular weight excluding hydrogens is 302 g/mol. The maximum absolute atomic E-state index is 11.9. The minimum Gasteiger partial charge on any atom is -0.388 e. The van der Waals surface area contributed by atoms with Gasteiger partial charge < -0.3 is 10.4 Å². The molecular formula is C16H18ClN3O2. The zero-order valence-corrected chi connectivity index (χ0v) is 12.9. The third-order valence-electron chi connectivity index (χ3n) is 4.04. The molecule has 0 aromatic carbocycles. The largest absolute Gasteiger partial charge is 0.388 e. The Labute approximate surface area is 133 Å². The summed E-state index contributed by atoms with van der Waals surface area (Å²) < 4.78 is 1.82. The minimum absolute atomic E-state index is 0.248. The molecule has 0 bridgehead atoms. The van der Waals surface area contributed by atoms with Gasteiger partial charge in [0.25, 0.3) is 0 Å². The third-order valence-corrected chi connectivity index (χ3v) is 4.32. The number of pyridine rings is 1. The highest BCUT2D eigenvalue weighted by Gasteiger charge is 2.30. The van der Waals surface area contributed by atoms with Crippen molar-refractivity contribution in [2.24, 2.45) is 0 Å². The van der Waals surface area contributed by atoms with Crippen molar-refractivity contribution < 1.29 is 9.90 Å². The standard InChI is InChI=1S/C16H18ClN3O2/c17-15-12(20-10-4-1-5-13(20)19-15)6-7-14(21)18-11-16(22)8-2-3-9-16/h1,4-7,10,22H,2-3,8-9,11H2,(H,18,21)/b7-6+. The first kappa shape index (κ1) is 15.1. The topological polar surface area (TPSA) is 66.6 Å². The number of imidazole rings is 1. The van der Waals surface area contributed by atoms with Gasteiger partial charge in [-0.05, 0) is 31.1 Å². The Kier molecular flexibility index (Phi) is 4.18. The second-order valence-corrected chi connectivity index (χ2v) is 6.06. The summed E-state index contributed by atoms with van der Waals surface area (Å²) in [5.74, 6) is -0.248. The number of aromatic nitrogens is 2. The van der Waals surface area contributed by atoms with Gasteiger partial charge in [-0.25, -0.2) is 4.98 Å². The molecule has 2 aromatic rings. The molecule has 22 heavy (non-hydrogen) atoms. The van der Waals surface area contributed by atoms with Crippen molar-refractivity contribution in [2.45, 2.75) is 31.3 Å². The Bertz CT molecular complexity index is 717. The van der Waals surface area contributed by atoms with Gasteiger partial charge in [0.15, 0.2) is 5.15 Å². The molecule has 0 radical (unpaired) electrons. The molecule has 1 aliphatic rings. The van der Waals surface area contributed by atoms with Gasteiger partial charge in [-0.2, -0.15) is 0 Å². The van der Waals surface area contributed by atoms with Crippen LogP contribution in [-0.4, -0.2) is 32.5 Å². The molecule has 116 valence electrons. The molecule has 2 heterocycles. The molecule has 1 amide bonds. The number of nitrogens with zero attached hydrogens (tertiary/aromatic N) is 2. The fourth-order valence-electron chi connectivity index (χ4n) is 2.81. The average molecular weight is 320 g/mol. The summed E-state index contributed by atoms with van der Waals surface area (Å²) in [6.45, 7) is 0.289. The summed E-state index contributed by atoms with van der Waals surface area (Å²) in [6.07, 6.45) is 8.41. The zero-order chi connectivity index (χ0) is 15.6. The number of carbonyl (C=O) groups is 1. The maximum Gasteiger partial charge on any atom is 0.244 e. The lowest BCUT2D eigenvalue weighted by Gasteiger charge is -2.21. The third kappa shape index (κ3) is 3.15. The lowest BCUT2D eigenvalue weighted by atomic mass is 10.0. The number of nitrogens with one attached hydrogen (secondary N) is 1. The van der Waals surface area contributed by atoms with Crippen LogP contribution in [0.2, 0.25) is 5.15 Å². The Morgan fingerprint density at radius 1 is 1.45 bits per heavy atom. The Morgan fingerprint density at radius 3 is 3.00 bits per heavy atom. The van der Waals surface area contributed by atoms with Crippen LogP contribution < -0.4 is 5.32 Å². The van der Waals surface area contributed by atoms with E-state index in [9.17, 15) is 9.90 Å². The normalized spacial score (nSPS) is 17.4. The van der Waals surface area contributed by atoms with Crippen molar-refractivity contribution >= 4 is 29.2 Å². The fourth-order valence-corrected chi connectivity index (χ4v) is 3.05. The summed E-state index contributed by atoms with van der Waals surface area (Å²) in [7, 11) is 0. The van der Waals surface area contributed by atoms with Crippen molar-refractivity contribution in [3.8, 4) is 0 Å². The SMILES string of the molecule is O=C(/C=C/c1c(Cl)nc2ccccn12)NCC1(O)CCCC1. The quantitative estimate of drug-likeness (QED) is 0.851. The van der Waals surface area contributed by atoms with Gasteiger partial charge >= 0.3 is 0 Å². The van der Waals surface area contributed by atoms with E-state index in [1.165, 1.54) is 6.08 Å².